The van der Waals surface area contributed by atoms with Crippen molar-refractivity contribution >= 4 is 17.5 Å². The second kappa shape index (κ2) is 6.34. The number of carbonyl (C=O) groups excluding carboxylic acids is 2. The number of nitrogens with two attached hydrogens (primary N) is 1. The molecule has 0 atom stereocenters. The Labute approximate surface area is 120 Å². The summed E-state index contributed by atoms with van der Waals surface area (Å²) in [6.45, 7) is 0. The largest absolute Gasteiger partial charge is 0.370 e. The minimum Gasteiger partial charge on any atom is -0.370 e. The van der Waals surface area contributed by atoms with Gasteiger partial charge in [0, 0.05) is 12.1 Å². The van der Waals surface area contributed by atoms with Crippen LogP contribution in [0.3, 0.4) is 0 Å². The van der Waals surface area contributed by atoms with Crippen molar-refractivity contribution in [3.05, 3.63) is 47.5 Å². The first-order valence-electron chi connectivity index (χ1n) is 6.22. The number of aryl methyl sites for hydroxylation is 1. The number of nitriles is 1. The van der Waals surface area contributed by atoms with Gasteiger partial charge in [-0.2, -0.15) is 5.26 Å². The number of imidazole rings is 1. The summed E-state index contributed by atoms with van der Waals surface area (Å²) in [5.74, 6) is -0.704. The maximum absolute atomic E-state index is 11.9. The molecule has 21 heavy (non-hydrogen) atoms. The van der Waals surface area contributed by atoms with Crippen LogP contribution in [0.4, 0.5) is 5.69 Å². The van der Waals surface area contributed by atoms with E-state index in [0.717, 1.165) is 5.56 Å². The van der Waals surface area contributed by atoms with Crippen molar-refractivity contribution in [1.29, 1.82) is 5.26 Å². The molecule has 2 rings (SSSR count). The van der Waals surface area contributed by atoms with Gasteiger partial charge in [0.2, 0.25) is 5.91 Å². The number of anilines is 1. The van der Waals surface area contributed by atoms with E-state index in [1.54, 1.807) is 24.3 Å². The summed E-state index contributed by atoms with van der Waals surface area (Å²) in [7, 11) is 0. The van der Waals surface area contributed by atoms with Crippen molar-refractivity contribution in [1.82, 2.24) is 9.97 Å². The summed E-state index contributed by atoms with van der Waals surface area (Å²) in [5, 5.41) is 11.3. The van der Waals surface area contributed by atoms with Gasteiger partial charge in [-0.15, -0.1) is 0 Å². The zero-order valence-corrected chi connectivity index (χ0v) is 11.1. The van der Waals surface area contributed by atoms with Crippen LogP contribution in [0.5, 0.6) is 0 Å². The second-order valence-corrected chi connectivity index (χ2v) is 4.37. The Balaban J connectivity index is 1.98. The third-order valence-electron chi connectivity index (χ3n) is 2.78. The van der Waals surface area contributed by atoms with Gasteiger partial charge in [-0.05, 0) is 24.1 Å². The molecule has 0 unspecified atom stereocenters. The van der Waals surface area contributed by atoms with Crippen molar-refractivity contribution in [3.63, 3.8) is 0 Å². The number of amides is 2. The van der Waals surface area contributed by atoms with E-state index < -0.39 is 5.91 Å². The van der Waals surface area contributed by atoms with Crippen LogP contribution in [0.15, 0.2) is 30.5 Å². The molecule has 2 aromatic rings. The Morgan fingerprint density at radius 3 is 2.62 bits per heavy atom. The van der Waals surface area contributed by atoms with E-state index in [9.17, 15) is 9.59 Å². The first kappa shape index (κ1) is 14.3. The lowest BCUT2D eigenvalue weighted by molar-refractivity contribution is -0.117. The van der Waals surface area contributed by atoms with Crippen molar-refractivity contribution in [2.75, 3.05) is 5.32 Å². The number of carbonyl (C=O) groups is 2. The molecule has 7 nitrogen and oxygen atoms in total. The molecule has 0 spiro atoms. The fourth-order valence-electron chi connectivity index (χ4n) is 1.71. The molecule has 7 heteroatoms. The van der Waals surface area contributed by atoms with Gasteiger partial charge in [-0.3, -0.25) is 9.59 Å². The minimum absolute atomic E-state index is 0.0735. The Kier molecular flexibility index (Phi) is 4.31. The predicted molar refractivity (Wildman–Crippen MR) is 75.2 cm³/mol. The highest BCUT2D eigenvalue weighted by Gasteiger charge is 2.10. The molecular weight excluding hydrogens is 270 g/mol. The standard InChI is InChI=1S/C14H13N5O2/c15-7-11-8-17-13(18-11)14(21)19-10-4-1-9(2-5-10)3-6-12(16)20/h1-2,4-5,8H,3,6H2,(H2,16,20)(H,17,18)(H,19,21). The monoisotopic (exact) mass is 283 g/mol. The van der Waals surface area contributed by atoms with E-state index in [1.807, 2.05) is 6.07 Å². The van der Waals surface area contributed by atoms with E-state index in [1.165, 1.54) is 6.20 Å². The smallest absolute Gasteiger partial charge is 0.291 e. The summed E-state index contributed by atoms with van der Waals surface area (Å²) >= 11 is 0. The van der Waals surface area contributed by atoms with E-state index >= 15 is 0 Å². The van der Waals surface area contributed by atoms with Crippen LogP contribution in [0.2, 0.25) is 0 Å². The van der Waals surface area contributed by atoms with Gasteiger partial charge in [0.1, 0.15) is 11.8 Å². The highest BCUT2D eigenvalue weighted by molar-refractivity contribution is 6.01. The molecule has 0 radical (unpaired) electrons. The number of aromatic nitrogens is 2. The van der Waals surface area contributed by atoms with E-state index in [4.69, 9.17) is 11.0 Å². The van der Waals surface area contributed by atoms with E-state index in [-0.39, 0.29) is 23.8 Å². The van der Waals surface area contributed by atoms with Crippen LogP contribution < -0.4 is 11.1 Å². The van der Waals surface area contributed by atoms with Crippen LogP contribution in [-0.2, 0) is 11.2 Å². The van der Waals surface area contributed by atoms with Gasteiger partial charge in [0.05, 0.1) is 6.20 Å². The molecule has 0 aliphatic carbocycles. The number of primary amides is 1. The van der Waals surface area contributed by atoms with Crippen LogP contribution in [0.25, 0.3) is 0 Å². The van der Waals surface area contributed by atoms with E-state index in [2.05, 4.69) is 15.3 Å². The topological polar surface area (TPSA) is 125 Å². The van der Waals surface area contributed by atoms with Gasteiger partial charge >= 0.3 is 0 Å². The summed E-state index contributed by atoms with van der Waals surface area (Å²) in [4.78, 5) is 29.0. The van der Waals surface area contributed by atoms with Crippen LogP contribution >= 0.6 is 0 Å². The second-order valence-electron chi connectivity index (χ2n) is 4.37. The molecule has 0 fully saturated rings. The normalized spacial score (nSPS) is 9.86. The molecule has 106 valence electrons. The molecule has 1 aromatic heterocycles. The number of benzene rings is 1. The molecule has 2 amide bonds. The SMILES string of the molecule is N#Cc1cnc(C(=O)Nc2ccc(CCC(N)=O)cc2)[nH]1. The van der Waals surface area contributed by atoms with Gasteiger partial charge in [0.15, 0.2) is 5.82 Å². The average Bonchev–Trinajstić information content (AvgIpc) is 2.95. The molecule has 1 aromatic carbocycles. The lowest BCUT2D eigenvalue weighted by Gasteiger charge is -2.04. The Bertz CT molecular complexity index is 697. The fourth-order valence-corrected chi connectivity index (χ4v) is 1.71. The average molecular weight is 283 g/mol. The molecule has 0 saturated carbocycles. The first-order valence-corrected chi connectivity index (χ1v) is 6.22. The summed E-state index contributed by atoms with van der Waals surface area (Å²) in [6.07, 6.45) is 2.14. The fraction of sp³-hybridized carbons (Fsp3) is 0.143. The summed E-state index contributed by atoms with van der Waals surface area (Å²) < 4.78 is 0. The molecule has 4 N–H and O–H groups in total. The van der Waals surface area contributed by atoms with Gasteiger partial charge in [0.25, 0.3) is 5.91 Å². The lowest BCUT2D eigenvalue weighted by atomic mass is 10.1. The summed E-state index contributed by atoms with van der Waals surface area (Å²) in [5.41, 5.74) is 6.86. The Morgan fingerprint density at radius 1 is 1.33 bits per heavy atom. The number of rotatable bonds is 5. The first-order chi connectivity index (χ1) is 10.1. The third kappa shape index (κ3) is 3.91. The zero-order valence-electron chi connectivity index (χ0n) is 11.1. The molecule has 0 aliphatic heterocycles. The number of hydrogen-bond donors (Lipinski definition) is 3. The molecule has 0 bridgehead atoms. The number of nitrogens with one attached hydrogen (secondary N) is 2. The maximum Gasteiger partial charge on any atom is 0.291 e. The molecule has 0 saturated heterocycles. The summed E-state index contributed by atoms with van der Waals surface area (Å²) in [6, 6.07) is 8.92. The van der Waals surface area contributed by atoms with E-state index in [0.29, 0.717) is 12.1 Å². The number of hydrogen-bond acceptors (Lipinski definition) is 4. The predicted octanol–water partition coefficient (Wildman–Crippen LogP) is 0.952. The third-order valence-corrected chi connectivity index (χ3v) is 2.78. The number of aromatic amines is 1. The van der Waals surface area contributed by atoms with Crippen LogP contribution in [0, 0.1) is 11.3 Å². The highest BCUT2D eigenvalue weighted by atomic mass is 16.2. The lowest BCUT2D eigenvalue weighted by Crippen LogP contribution is -2.14. The minimum atomic E-state index is -0.429. The molecular formula is C14H13N5O2. The van der Waals surface area contributed by atoms with Crippen molar-refractivity contribution in [2.24, 2.45) is 5.73 Å². The Hall–Kier alpha value is -3.14. The van der Waals surface area contributed by atoms with Crippen molar-refractivity contribution < 1.29 is 9.59 Å². The maximum atomic E-state index is 11.9. The number of nitrogens with zero attached hydrogens (tertiary/aromatic N) is 2. The van der Waals surface area contributed by atoms with Gasteiger partial charge < -0.3 is 16.0 Å². The molecule has 1 heterocycles. The quantitative estimate of drug-likeness (QED) is 0.755. The van der Waals surface area contributed by atoms with Gasteiger partial charge in [-0.1, -0.05) is 12.1 Å². The zero-order chi connectivity index (χ0) is 15.2. The highest BCUT2D eigenvalue weighted by Crippen LogP contribution is 2.12. The molecule has 0 aliphatic rings. The van der Waals surface area contributed by atoms with Crippen molar-refractivity contribution in [2.45, 2.75) is 12.8 Å². The van der Waals surface area contributed by atoms with Crippen LogP contribution in [0.1, 0.15) is 28.3 Å². The van der Waals surface area contributed by atoms with Crippen molar-refractivity contribution in [3.8, 4) is 6.07 Å². The van der Waals surface area contributed by atoms with Crippen LogP contribution in [-0.4, -0.2) is 21.8 Å². The number of H-pyrrole nitrogens is 1. The van der Waals surface area contributed by atoms with Gasteiger partial charge in [-0.25, -0.2) is 4.98 Å². The Morgan fingerprint density at radius 2 is 2.05 bits per heavy atom.